The van der Waals surface area contributed by atoms with E-state index in [2.05, 4.69) is 27.4 Å². The van der Waals surface area contributed by atoms with E-state index in [4.69, 9.17) is 0 Å². The third kappa shape index (κ3) is 2.70. The van der Waals surface area contributed by atoms with E-state index in [-0.39, 0.29) is 6.04 Å². The topological polar surface area (TPSA) is 66.9 Å². The molecule has 1 heterocycles. The maximum atomic E-state index is 10.6. The lowest BCUT2D eigenvalue weighted by atomic mass is 10.1. The van der Waals surface area contributed by atoms with Gasteiger partial charge in [0.15, 0.2) is 5.82 Å². The SMILES string of the molecule is C=Cc1ccc2c(NC(C)C)c(NC=O)nnc2c1. The van der Waals surface area contributed by atoms with Gasteiger partial charge in [-0.25, -0.2) is 0 Å². The van der Waals surface area contributed by atoms with Gasteiger partial charge in [0.25, 0.3) is 0 Å². The van der Waals surface area contributed by atoms with Crippen molar-refractivity contribution < 1.29 is 4.79 Å². The van der Waals surface area contributed by atoms with Crippen molar-refractivity contribution in [1.29, 1.82) is 0 Å². The summed E-state index contributed by atoms with van der Waals surface area (Å²) in [4.78, 5) is 10.6. The lowest BCUT2D eigenvalue weighted by molar-refractivity contribution is -0.105. The molecule has 98 valence electrons. The summed E-state index contributed by atoms with van der Waals surface area (Å²) in [5.41, 5.74) is 2.52. The van der Waals surface area contributed by atoms with Gasteiger partial charge in [0, 0.05) is 11.4 Å². The average molecular weight is 256 g/mol. The van der Waals surface area contributed by atoms with Crippen LogP contribution in [-0.2, 0) is 4.79 Å². The van der Waals surface area contributed by atoms with Crippen molar-refractivity contribution in [3.05, 3.63) is 30.3 Å². The number of nitrogens with zero attached hydrogens (tertiary/aromatic N) is 2. The summed E-state index contributed by atoms with van der Waals surface area (Å²) in [7, 11) is 0. The molecule has 0 radical (unpaired) electrons. The Kier molecular flexibility index (Phi) is 3.75. The Balaban J connectivity index is 2.64. The van der Waals surface area contributed by atoms with Gasteiger partial charge in [-0.05, 0) is 31.5 Å². The Morgan fingerprint density at radius 1 is 1.32 bits per heavy atom. The molecule has 0 aliphatic heterocycles. The molecule has 5 heteroatoms. The molecule has 0 bridgehead atoms. The van der Waals surface area contributed by atoms with Gasteiger partial charge in [0.2, 0.25) is 6.41 Å². The van der Waals surface area contributed by atoms with E-state index in [9.17, 15) is 4.79 Å². The van der Waals surface area contributed by atoms with E-state index in [0.29, 0.717) is 12.2 Å². The summed E-state index contributed by atoms with van der Waals surface area (Å²) in [5, 5.41) is 14.9. The molecule has 0 spiro atoms. The van der Waals surface area contributed by atoms with Gasteiger partial charge in [-0.2, -0.15) is 0 Å². The first-order valence-corrected chi connectivity index (χ1v) is 6.05. The summed E-state index contributed by atoms with van der Waals surface area (Å²) < 4.78 is 0. The second-order valence-electron chi connectivity index (χ2n) is 4.47. The molecule has 1 aromatic carbocycles. The first-order chi connectivity index (χ1) is 9.15. The second kappa shape index (κ2) is 5.48. The molecule has 0 aliphatic carbocycles. The van der Waals surface area contributed by atoms with E-state index in [0.717, 1.165) is 22.2 Å². The van der Waals surface area contributed by atoms with Crippen molar-refractivity contribution in [3.8, 4) is 0 Å². The highest BCUT2D eigenvalue weighted by molar-refractivity contribution is 5.98. The smallest absolute Gasteiger partial charge is 0.212 e. The van der Waals surface area contributed by atoms with Gasteiger partial charge in [-0.15, -0.1) is 10.2 Å². The molecule has 5 nitrogen and oxygen atoms in total. The van der Waals surface area contributed by atoms with Crippen molar-refractivity contribution in [2.75, 3.05) is 10.6 Å². The molecule has 1 aromatic heterocycles. The van der Waals surface area contributed by atoms with Crippen molar-refractivity contribution in [2.45, 2.75) is 19.9 Å². The zero-order chi connectivity index (χ0) is 13.8. The maximum absolute atomic E-state index is 10.6. The van der Waals surface area contributed by atoms with Crippen molar-refractivity contribution in [3.63, 3.8) is 0 Å². The van der Waals surface area contributed by atoms with Gasteiger partial charge in [-0.3, -0.25) is 4.79 Å². The fourth-order valence-electron chi connectivity index (χ4n) is 1.84. The van der Waals surface area contributed by atoms with Gasteiger partial charge < -0.3 is 10.6 Å². The fraction of sp³-hybridized carbons (Fsp3) is 0.214. The third-order valence-corrected chi connectivity index (χ3v) is 2.65. The Hall–Kier alpha value is -2.43. The number of hydrogen-bond donors (Lipinski definition) is 2. The highest BCUT2D eigenvalue weighted by Gasteiger charge is 2.11. The molecule has 1 amide bonds. The van der Waals surface area contributed by atoms with Crippen molar-refractivity contribution in [1.82, 2.24) is 10.2 Å². The molecule has 0 atom stereocenters. The normalized spacial score (nSPS) is 10.5. The monoisotopic (exact) mass is 256 g/mol. The van der Waals surface area contributed by atoms with Gasteiger partial charge in [0.1, 0.15) is 0 Å². The van der Waals surface area contributed by atoms with E-state index >= 15 is 0 Å². The number of carbonyl (C=O) groups excluding carboxylic acids is 1. The molecular weight excluding hydrogens is 240 g/mol. The quantitative estimate of drug-likeness (QED) is 0.807. The standard InChI is InChI=1S/C14H16N4O/c1-4-10-5-6-11-12(7-10)17-18-14(15-8-19)13(11)16-9(2)3/h4-9H,1H2,2-3H3,(H,16,17)(H,15,18,19). The van der Waals surface area contributed by atoms with Crippen LogP contribution in [0.2, 0.25) is 0 Å². The molecule has 0 aliphatic rings. The number of amides is 1. The molecule has 19 heavy (non-hydrogen) atoms. The third-order valence-electron chi connectivity index (χ3n) is 2.65. The zero-order valence-corrected chi connectivity index (χ0v) is 11.0. The number of nitrogens with one attached hydrogen (secondary N) is 2. The molecule has 0 saturated carbocycles. The number of aromatic nitrogens is 2. The largest absolute Gasteiger partial charge is 0.379 e. The van der Waals surface area contributed by atoms with Crippen LogP contribution in [-0.4, -0.2) is 22.6 Å². The number of hydrogen-bond acceptors (Lipinski definition) is 4. The minimum absolute atomic E-state index is 0.221. The first-order valence-electron chi connectivity index (χ1n) is 6.05. The summed E-state index contributed by atoms with van der Waals surface area (Å²) in [6.45, 7) is 7.78. The van der Waals surface area contributed by atoms with Crippen LogP contribution in [0.5, 0.6) is 0 Å². The van der Waals surface area contributed by atoms with E-state index in [1.165, 1.54) is 0 Å². The number of fused-ring (bicyclic) bond motifs is 1. The van der Waals surface area contributed by atoms with E-state index in [1.807, 2.05) is 32.0 Å². The van der Waals surface area contributed by atoms with Crippen LogP contribution >= 0.6 is 0 Å². The van der Waals surface area contributed by atoms with Crippen LogP contribution in [0.1, 0.15) is 19.4 Å². The molecule has 0 unspecified atom stereocenters. The highest BCUT2D eigenvalue weighted by Crippen LogP contribution is 2.29. The Bertz CT molecular complexity index is 622. The predicted molar refractivity (Wildman–Crippen MR) is 78.1 cm³/mol. The number of rotatable bonds is 5. The Labute approximate surface area is 111 Å². The first kappa shape index (κ1) is 13.0. The minimum Gasteiger partial charge on any atom is -0.379 e. The lowest BCUT2D eigenvalue weighted by Crippen LogP contribution is -2.13. The van der Waals surface area contributed by atoms with Crippen LogP contribution in [0, 0.1) is 0 Å². The summed E-state index contributed by atoms with van der Waals surface area (Å²) in [6, 6.07) is 6.03. The molecule has 2 rings (SSSR count). The van der Waals surface area contributed by atoms with Gasteiger partial charge in [0.05, 0.1) is 11.2 Å². The second-order valence-corrected chi connectivity index (χ2v) is 4.47. The van der Waals surface area contributed by atoms with Crippen LogP contribution in [0.3, 0.4) is 0 Å². The number of benzene rings is 1. The average Bonchev–Trinajstić information content (AvgIpc) is 2.40. The highest BCUT2D eigenvalue weighted by atomic mass is 16.1. The summed E-state index contributed by atoms with van der Waals surface area (Å²) >= 11 is 0. The van der Waals surface area contributed by atoms with Crippen LogP contribution in [0.25, 0.3) is 17.0 Å². The summed E-state index contributed by atoms with van der Waals surface area (Å²) in [5.74, 6) is 0.433. The Morgan fingerprint density at radius 3 is 2.74 bits per heavy atom. The maximum Gasteiger partial charge on any atom is 0.212 e. The molecular formula is C14H16N4O. The lowest BCUT2D eigenvalue weighted by Gasteiger charge is -2.15. The van der Waals surface area contributed by atoms with Gasteiger partial charge >= 0.3 is 0 Å². The predicted octanol–water partition coefficient (Wildman–Crippen LogP) is 2.66. The van der Waals surface area contributed by atoms with Crippen molar-refractivity contribution >= 4 is 34.9 Å². The van der Waals surface area contributed by atoms with Crippen LogP contribution in [0.15, 0.2) is 24.8 Å². The van der Waals surface area contributed by atoms with E-state index < -0.39 is 0 Å². The number of carbonyl (C=O) groups is 1. The summed E-state index contributed by atoms with van der Waals surface area (Å²) in [6.07, 6.45) is 2.35. The van der Waals surface area contributed by atoms with Crippen LogP contribution < -0.4 is 10.6 Å². The fourth-order valence-corrected chi connectivity index (χ4v) is 1.84. The zero-order valence-electron chi connectivity index (χ0n) is 11.0. The number of anilines is 2. The van der Waals surface area contributed by atoms with Gasteiger partial charge in [-0.1, -0.05) is 18.7 Å². The molecule has 0 fully saturated rings. The van der Waals surface area contributed by atoms with E-state index in [1.54, 1.807) is 6.08 Å². The molecule has 0 saturated heterocycles. The molecule has 2 aromatic rings. The van der Waals surface area contributed by atoms with Crippen LogP contribution in [0.4, 0.5) is 11.5 Å². The van der Waals surface area contributed by atoms with Crippen molar-refractivity contribution in [2.24, 2.45) is 0 Å². The minimum atomic E-state index is 0.221. The molecule has 2 N–H and O–H groups in total. The Morgan fingerprint density at radius 2 is 2.11 bits per heavy atom.